The van der Waals surface area contributed by atoms with E-state index >= 15 is 0 Å². The van der Waals surface area contributed by atoms with Crippen molar-refractivity contribution in [2.24, 2.45) is 17.5 Å². The van der Waals surface area contributed by atoms with E-state index in [2.05, 4.69) is 10.3 Å². The number of amides is 1. The third-order valence-electron chi connectivity index (χ3n) is 5.22. The van der Waals surface area contributed by atoms with E-state index in [0.717, 1.165) is 11.1 Å². The number of aromatic nitrogens is 2. The molecule has 32 heavy (non-hydrogen) atoms. The normalized spacial score (nSPS) is 15.8. The standard InChI is InChI=1S/C21H18F3N7O/c22-15-2-1-14(31(27)11-16(26)13-7-21(23,24)8-13)6-17(15)29-20(32)18-10-28-19-5-12(9-25)3-4-30(18)19/h1-6,10-11,13H,7-8,26-27H2,(H,29,32)/b16-11-. The van der Waals surface area contributed by atoms with Crippen molar-refractivity contribution >= 4 is 22.9 Å². The van der Waals surface area contributed by atoms with Gasteiger partial charge in [0.05, 0.1) is 29.2 Å². The first-order chi connectivity index (χ1) is 15.2. The van der Waals surface area contributed by atoms with E-state index in [0.29, 0.717) is 11.2 Å². The molecule has 1 aliphatic carbocycles. The Bertz CT molecular complexity index is 1270. The molecular weight excluding hydrogens is 423 g/mol. The number of carbonyl (C=O) groups is 1. The topological polar surface area (TPSA) is 125 Å². The number of nitrogens with one attached hydrogen (secondary N) is 1. The molecule has 1 amide bonds. The molecule has 0 spiro atoms. The van der Waals surface area contributed by atoms with Gasteiger partial charge < -0.3 is 11.1 Å². The lowest BCUT2D eigenvalue weighted by atomic mass is 9.79. The van der Waals surface area contributed by atoms with Crippen molar-refractivity contribution in [3.05, 3.63) is 71.7 Å². The maximum atomic E-state index is 14.3. The zero-order valence-corrected chi connectivity index (χ0v) is 16.6. The maximum Gasteiger partial charge on any atom is 0.274 e. The average Bonchev–Trinajstić information content (AvgIpc) is 3.16. The van der Waals surface area contributed by atoms with Gasteiger partial charge in [0.2, 0.25) is 5.92 Å². The quantitative estimate of drug-likeness (QED) is 0.413. The minimum absolute atomic E-state index is 0.133. The van der Waals surface area contributed by atoms with E-state index in [-0.39, 0.29) is 35.6 Å². The van der Waals surface area contributed by atoms with Crippen LogP contribution in [0.3, 0.4) is 0 Å². The van der Waals surface area contributed by atoms with E-state index in [4.69, 9.17) is 16.8 Å². The van der Waals surface area contributed by atoms with E-state index in [1.165, 1.54) is 47.3 Å². The third-order valence-corrected chi connectivity index (χ3v) is 5.22. The van der Waals surface area contributed by atoms with Gasteiger partial charge in [-0.15, -0.1) is 0 Å². The number of pyridine rings is 1. The fraction of sp³-hybridized carbons (Fsp3) is 0.190. The molecule has 0 atom stereocenters. The van der Waals surface area contributed by atoms with E-state index in [9.17, 15) is 18.0 Å². The lowest BCUT2D eigenvalue weighted by molar-refractivity contribution is -0.0996. The molecule has 1 aromatic carbocycles. The van der Waals surface area contributed by atoms with Gasteiger partial charge in [0, 0.05) is 36.9 Å². The lowest BCUT2D eigenvalue weighted by Crippen LogP contribution is -2.39. The molecule has 0 saturated heterocycles. The number of hydrogen-bond acceptors (Lipinski definition) is 6. The largest absolute Gasteiger partial charge is 0.401 e. The molecule has 5 N–H and O–H groups in total. The van der Waals surface area contributed by atoms with Crippen LogP contribution in [0.2, 0.25) is 0 Å². The van der Waals surface area contributed by atoms with Crippen LogP contribution < -0.4 is 21.9 Å². The third kappa shape index (κ3) is 4.08. The molecule has 1 fully saturated rings. The monoisotopic (exact) mass is 441 g/mol. The zero-order valence-electron chi connectivity index (χ0n) is 16.6. The first-order valence-corrected chi connectivity index (χ1v) is 9.54. The van der Waals surface area contributed by atoms with Crippen molar-refractivity contribution in [1.29, 1.82) is 5.26 Å². The van der Waals surface area contributed by atoms with Gasteiger partial charge in [-0.1, -0.05) is 0 Å². The summed E-state index contributed by atoms with van der Waals surface area (Å²) < 4.78 is 41.9. The summed E-state index contributed by atoms with van der Waals surface area (Å²) in [5.41, 5.74) is 7.09. The van der Waals surface area contributed by atoms with Crippen molar-refractivity contribution in [1.82, 2.24) is 9.38 Å². The smallest absolute Gasteiger partial charge is 0.274 e. The maximum absolute atomic E-state index is 14.3. The molecular formula is C21H18F3N7O. The first kappa shape index (κ1) is 21.2. The highest BCUT2D eigenvalue weighted by molar-refractivity contribution is 6.03. The van der Waals surface area contributed by atoms with E-state index in [1.807, 2.05) is 6.07 Å². The molecule has 1 saturated carbocycles. The van der Waals surface area contributed by atoms with Crippen LogP contribution >= 0.6 is 0 Å². The van der Waals surface area contributed by atoms with Gasteiger partial charge in [-0.25, -0.2) is 24.0 Å². The van der Waals surface area contributed by atoms with Crippen molar-refractivity contribution < 1.29 is 18.0 Å². The molecule has 2 aromatic heterocycles. The second-order valence-electron chi connectivity index (χ2n) is 7.51. The van der Waals surface area contributed by atoms with Crippen LogP contribution in [0.5, 0.6) is 0 Å². The summed E-state index contributed by atoms with van der Waals surface area (Å²) in [6, 6.07) is 8.79. The summed E-state index contributed by atoms with van der Waals surface area (Å²) in [5, 5.41) is 12.5. The summed E-state index contributed by atoms with van der Waals surface area (Å²) in [7, 11) is 0. The number of carbonyl (C=O) groups excluding carboxylic acids is 1. The number of anilines is 2. The van der Waals surface area contributed by atoms with Gasteiger partial charge in [0.25, 0.3) is 5.91 Å². The highest BCUT2D eigenvalue weighted by Gasteiger charge is 2.46. The number of rotatable bonds is 5. The van der Waals surface area contributed by atoms with Crippen LogP contribution in [0.15, 0.2) is 54.6 Å². The lowest BCUT2D eigenvalue weighted by Gasteiger charge is -2.35. The highest BCUT2D eigenvalue weighted by Crippen LogP contribution is 2.44. The molecule has 0 bridgehead atoms. The van der Waals surface area contributed by atoms with Gasteiger partial charge in [0.15, 0.2) is 0 Å². The number of allylic oxidation sites excluding steroid dienone is 1. The predicted molar refractivity (Wildman–Crippen MR) is 111 cm³/mol. The second kappa shape index (κ2) is 7.90. The Labute approximate surface area is 180 Å². The van der Waals surface area contributed by atoms with E-state index in [1.54, 1.807) is 0 Å². The number of alkyl halides is 2. The molecule has 164 valence electrons. The molecule has 1 aliphatic rings. The fourth-order valence-corrected chi connectivity index (χ4v) is 3.41. The molecule has 8 nitrogen and oxygen atoms in total. The van der Waals surface area contributed by atoms with Gasteiger partial charge >= 0.3 is 0 Å². The SMILES string of the molecule is N#Cc1ccn2c(C(=O)Nc3cc(N(N)/C=C(\N)C4CC(F)(F)C4)ccc3F)cnc2c1. The molecule has 11 heteroatoms. The summed E-state index contributed by atoms with van der Waals surface area (Å²) in [6.07, 6.45) is 3.44. The fourth-order valence-electron chi connectivity index (χ4n) is 3.41. The highest BCUT2D eigenvalue weighted by atomic mass is 19.3. The number of benzene rings is 1. The predicted octanol–water partition coefficient (Wildman–Crippen LogP) is 3.12. The number of nitrogens with zero attached hydrogens (tertiary/aromatic N) is 4. The van der Waals surface area contributed by atoms with Crippen molar-refractivity contribution in [2.45, 2.75) is 18.8 Å². The molecule has 2 heterocycles. The molecule has 0 radical (unpaired) electrons. The Morgan fingerprint density at radius 2 is 2.09 bits per heavy atom. The number of halogens is 3. The summed E-state index contributed by atoms with van der Waals surface area (Å²) in [6.45, 7) is 0. The Hall–Kier alpha value is -4.04. The second-order valence-corrected chi connectivity index (χ2v) is 7.51. The number of nitriles is 1. The Morgan fingerprint density at radius 1 is 1.34 bits per heavy atom. The summed E-state index contributed by atoms with van der Waals surface area (Å²) in [4.78, 5) is 16.8. The minimum Gasteiger partial charge on any atom is -0.401 e. The van der Waals surface area contributed by atoms with Crippen molar-refractivity contribution in [3.63, 3.8) is 0 Å². The van der Waals surface area contributed by atoms with Crippen molar-refractivity contribution in [2.75, 3.05) is 10.3 Å². The van der Waals surface area contributed by atoms with Crippen LogP contribution in [0.25, 0.3) is 5.65 Å². The minimum atomic E-state index is -2.72. The van der Waals surface area contributed by atoms with Gasteiger partial charge in [-0.2, -0.15) is 5.26 Å². The number of fused-ring (bicyclic) bond motifs is 1. The molecule has 4 rings (SSSR count). The van der Waals surface area contributed by atoms with Crippen LogP contribution in [0.1, 0.15) is 28.9 Å². The summed E-state index contributed by atoms with van der Waals surface area (Å²) >= 11 is 0. The number of hydrazine groups is 1. The van der Waals surface area contributed by atoms with Crippen LogP contribution in [-0.4, -0.2) is 21.2 Å². The van der Waals surface area contributed by atoms with Gasteiger partial charge in [0.1, 0.15) is 17.2 Å². The Kier molecular flexibility index (Phi) is 5.23. The molecule has 3 aromatic rings. The number of hydrogen-bond donors (Lipinski definition) is 3. The Morgan fingerprint density at radius 3 is 2.78 bits per heavy atom. The summed E-state index contributed by atoms with van der Waals surface area (Å²) in [5.74, 6) is 1.41. The van der Waals surface area contributed by atoms with Crippen LogP contribution in [0.4, 0.5) is 24.5 Å². The van der Waals surface area contributed by atoms with E-state index < -0.39 is 23.6 Å². The van der Waals surface area contributed by atoms with Crippen molar-refractivity contribution in [3.8, 4) is 6.07 Å². The van der Waals surface area contributed by atoms with Crippen LogP contribution in [0, 0.1) is 23.1 Å². The number of imidazole rings is 1. The number of nitrogens with two attached hydrogens (primary N) is 2. The van der Waals surface area contributed by atoms with Gasteiger partial charge in [-0.3, -0.25) is 14.2 Å². The van der Waals surface area contributed by atoms with Crippen LogP contribution in [-0.2, 0) is 0 Å². The Balaban J connectivity index is 1.53. The zero-order chi connectivity index (χ0) is 23.0. The average molecular weight is 441 g/mol. The first-order valence-electron chi connectivity index (χ1n) is 9.54. The molecule has 0 aliphatic heterocycles. The molecule has 0 unspecified atom stereocenters. The van der Waals surface area contributed by atoms with Gasteiger partial charge in [-0.05, 0) is 30.3 Å².